The van der Waals surface area contributed by atoms with Gasteiger partial charge in [-0.1, -0.05) is 0 Å². The van der Waals surface area contributed by atoms with E-state index in [4.69, 9.17) is 9.47 Å². The van der Waals surface area contributed by atoms with Gasteiger partial charge in [0.1, 0.15) is 5.75 Å². The number of carbonyl (C=O) groups excluding carboxylic acids is 1. The number of ether oxygens (including phenoxy) is 2. The zero-order valence-electron chi connectivity index (χ0n) is 17.0. The maximum absolute atomic E-state index is 12.7. The van der Waals surface area contributed by atoms with Crippen LogP contribution in [0.5, 0.6) is 5.75 Å². The molecule has 1 heterocycles. The van der Waals surface area contributed by atoms with Crippen LogP contribution >= 0.6 is 0 Å². The zero-order valence-corrected chi connectivity index (χ0v) is 17.0. The number of halogens is 3. The number of amides is 1. The molecule has 1 fully saturated rings. The molecule has 0 unspecified atom stereocenters. The highest BCUT2D eigenvalue weighted by Crippen LogP contribution is 2.29. The monoisotopic (exact) mass is 435 g/mol. The van der Waals surface area contributed by atoms with Gasteiger partial charge >= 0.3 is 6.18 Å². The molecule has 0 saturated carbocycles. The summed E-state index contributed by atoms with van der Waals surface area (Å²) in [5.41, 5.74) is -0.0580. The Morgan fingerprint density at radius 3 is 2.45 bits per heavy atom. The lowest BCUT2D eigenvalue weighted by Crippen LogP contribution is -2.36. The number of anilines is 1. The van der Waals surface area contributed by atoms with E-state index in [1.54, 1.807) is 24.3 Å². The number of alkyl halides is 3. The van der Waals surface area contributed by atoms with Crippen molar-refractivity contribution in [1.82, 2.24) is 5.32 Å². The Morgan fingerprint density at radius 1 is 1.16 bits per heavy atom. The molecule has 2 aromatic rings. The molecule has 1 atom stereocenters. The van der Waals surface area contributed by atoms with Crippen LogP contribution in [0.1, 0.15) is 35.7 Å². The molecular weight excluding hydrogens is 411 g/mol. The van der Waals surface area contributed by atoms with Crippen molar-refractivity contribution in [3.8, 4) is 5.75 Å². The molecule has 9 heteroatoms. The second kappa shape index (κ2) is 10.3. The summed E-state index contributed by atoms with van der Waals surface area (Å²) >= 11 is 0. The summed E-state index contributed by atoms with van der Waals surface area (Å²) in [7, 11) is 0. The maximum atomic E-state index is 12.7. The summed E-state index contributed by atoms with van der Waals surface area (Å²) in [6.07, 6.45) is -2.65. The summed E-state index contributed by atoms with van der Waals surface area (Å²) < 4.78 is 49.2. The molecule has 0 spiro atoms. The molecule has 0 radical (unpaired) electrons. The van der Waals surface area contributed by atoms with Crippen LogP contribution in [-0.4, -0.2) is 37.7 Å². The van der Waals surface area contributed by atoms with Crippen molar-refractivity contribution in [2.45, 2.75) is 32.0 Å². The van der Waals surface area contributed by atoms with Gasteiger partial charge in [-0.05, 0) is 68.3 Å². The van der Waals surface area contributed by atoms with Gasteiger partial charge in [0.05, 0.1) is 24.8 Å². The van der Waals surface area contributed by atoms with Crippen molar-refractivity contribution in [2.75, 3.05) is 25.1 Å². The lowest BCUT2D eigenvalue weighted by molar-refractivity contribution is -0.137. The highest BCUT2D eigenvalue weighted by molar-refractivity contribution is 6.10. The summed E-state index contributed by atoms with van der Waals surface area (Å²) in [5.74, 6) is 0.322. The van der Waals surface area contributed by atoms with Crippen LogP contribution in [-0.2, 0) is 10.9 Å². The van der Waals surface area contributed by atoms with Gasteiger partial charge in [-0.3, -0.25) is 10.1 Å². The molecule has 3 rings (SSSR count). The molecule has 2 N–H and O–H groups in total. The van der Waals surface area contributed by atoms with Crippen LogP contribution in [0.3, 0.4) is 0 Å². The number of aliphatic imine (C=N–C) groups is 1. The second-order valence-corrected chi connectivity index (χ2v) is 6.94. The number of benzene rings is 2. The quantitative estimate of drug-likeness (QED) is 0.518. The van der Waals surface area contributed by atoms with E-state index in [1.807, 2.05) is 6.92 Å². The molecule has 31 heavy (non-hydrogen) atoms. The van der Waals surface area contributed by atoms with Crippen molar-refractivity contribution in [1.29, 1.82) is 0 Å². The Labute approximate surface area is 178 Å². The zero-order chi connectivity index (χ0) is 22.3. The molecule has 1 amide bonds. The van der Waals surface area contributed by atoms with Crippen molar-refractivity contribution in [2.24, 2.45) is 4.99 Å². The van der Waals surface area contributed by atoms with Crippen molar-refractivity contribution in [3.05, 3.63) is 59.7 Å². The van der Waals surface area contributed by atoms with Crippen molar-refractivity contribution < 1.29 is 27.4 Å². The average molecular weight is 435 g/mol. The van der Waals surface area contributed by atoms with Gasteiger partial charge in [0.15, 0.2) is 0 Å². The standard InChI is InChI=1S/C22H24F3N3O3/c1-2-30-18-11-9-17(10-12-18)27-21(26-14-19-4-3-13-31-19)28-20(29)15-5-7-16(8-6-15)22(23,24)25/h5-12,19H,2-4,13-14H2,1H3,(H2,26,27,28,29)/t19-/m1/s1. The minimum Gasteiger partial charge on any atom is -0.494 e. The van der Waals surface area contributed by atoms with E-state index in [0.717, 1.165) is 37.1 Å². The highest BCUT2D eigenvalue weighted by atomic mass is 19.4. The van der Waals surface area contributed by atoms with Gasteiger partial charge < -0.3 is 14.8 Å². The van der Waals surface area contributed by atoms with Crippen molar-refractivity contribution in [3.63, 3.8) is 0 Å². The van der Waals surface area contributed by atoms with Crippen LogP contribution < -0.4 is 15.4 Å². The van der Waals surface area contributed by atoms with Crippen LogP contribution in [0.2, 0.25) is 0 Å². The van der Waals surface area contributed by atoms with E-state index in [2.05, 4.69) is 15.6 Å². The number of nitrogens with zero attached hydrogens (tertiary/aromatic N) is 1. The predicted octanol–water partition coefficient (Wildman–Crippen LogP) is 4.48. The minimum atomic E-state index is -4.46. The normalized spacial score (nSPS) is 16.8. The number of hydrogen-bond donors (Lipinski definition) is 2. The molecule has 0 aromatic heterocycles. The Bertz CT molecular complexity index is 891. The third-order valence-corrected chi connectivity index (χ3v) is 4.61. The molecule has 0 bridgehead atoms. The number of carbonyl (C=O) groups is 1. The number of guanidine groups is 1. The van der Waals surface area contributed by atoms with Gasteiger partial charge in [0.2, 0.25) is 5.96 Å². The topological polar surface area (TPSA) is 71.9 Å². The third-order valence-electron chi connectivity index (χ3n) is 4.61. The molecule has 1 saturated heterocycles. The summed E-state index contributed by atoms with van der Waals surface area (Å²) in [5, 5.41) is 5.67. The first-order valence-electron chi connectivity index (χ1n) is 9.99. The lowest BCUT2D eigenvalue weighted by Gasteiger charge is -2.14. The fourth-order valence-corrected chi connectivity index (χ4v) is 3.02. The predicted molar refractivity (Wildman–Crippen MR) is 111 cm³/mol. The Hall–Kier alpha value is -3.07. The fraction of sp³-hybridized carbons (Fsp3) is 0.364. The van der Waals surface area contributed by atoms with Gasteiger partial charge in [-0.15, -0.1) is 0 Å². The Morgan fingerprint density at radius 2 is 1.87 bits per heavy atom. The lowest BCUT2D eigenvalue weighted by atomic mass is 10.1. The molecule has 0 aliphatic carbocycles. The van der Waals surface area contributed by atoms with E-state index in [-0.39, 0.29) is 17.6 Å². The van der Waals surface area contributed by atoms with Gasteiger partial charge in [-0.25, -0.2) is 4.99 Å². The van der Waals surface area contributed by atoms with E-state index >= 15 is 0 Å². The van der Waals surface area contributed by atoms with Gasteiger partial charge in [0.25, 0.3) is 5.91 Å². The molecular formula is C22H24F3N3O3. The van der Waals surface area contributed by atoms with Crippen LogP contribution in [0.15, 0.2) is 53.5 Å². The van der Waals surface area contributed by atoms with E-state index < -0.39 is 17.6 Å². The van der Waals surface area contributed by atoms with Crippen LogP contribution in [0, 0.1) is 0 Å². The number of hydrogen-bond acceptors (Lipinski definition) is 4. The third kappa shape index (κ3) is 6.71. The maximum Gasteiger partial charge on any atom is 0.416 e. The second-order valence-electron chi connectivity index (χ2n) is 6.94. The first-order chi connectivity index (χ1) is 14.8. The minimum absolute atomic E-state index is 0.0277. The summed E-state index contributed by atoms with van der Waals surface area (Å²) in [4.78, 5) is 17.0. The summed E-state index contributed by atoms with van der Waals surface area (Å²) in [6, 6.07) is 11.1. The smallest absolute Gasteiger partial charge is 0.416 e. The molecule has 2 aromatic carbocycles. The average Bonchev–Trinajstić information content (AvgIpc) is 3.27. The van der Waals surface area contributed by atoms with Crippen LogP contribution in [0.25, 0.3) is 0 Å². The molecule has 166 valence electrons. The van der Waals surface area contributed by atoms with E-state index in [0.29, 0.717) is 31.2 Å². The van der Waals surface area contributed by atoms with Gasteiger partial charge in [-0.2, -0.15) is 13.2 Å². The van der Waals surface area contributed by atoms with Gasteiger partial charge in [0, 0.05) is 17.9 Å². The van der Waals surface area contributed by atoms with E-state index in [1.165, 1.54) is 0 Å². The molecule has 6 nitrogen and oxygen atoms in total. The van der Waals surface area contributed by atoms with E-state index in [9.17, 15) is 18.0 Å². The first kappa shape index (κ1) is 22.6. The van der Waals surface area contributed by atoms with Crippen LogP contribution in [0.4, 0.5) is 18.9 Å². The largest absolute Gasteiger partial charge is 0.494 e. The fourth-order valence-electron chi connectivity index (χ4n) is 3.02. The summed E-state index contributed by atoms with van der Waals surface area (Å²) in [6.45, 7) is 3.47. The highest BCUT2D eigenvalue weighted by Gasteiger charge is 2.30. The molecule has 1 aliphatic rings. The molecule has 1 aliphatic heterocycles. The number of nitrogens with one attached hydrogen (secondary N) is 2. The number of rotatable bonds is 6. The Balaban J connectivity index is 1.72. The first-order valence-corrected chi connectivity index (χ1v) is 9.99. The SMILES string of the molecule is CCOc1ccc(NC(=NC[C@H]2CCCO2)NC(=O)c2ccc(C(F)(F)F)cc2)cc1. The Kier molecular flexibility index (Phi) is 7.51. The van der Waals surface area contributed by atoms with Crippen molar-refractivity contribution >= 4 is 17.6 Å².